The summed E-state index contributed by atoms with van der Waals surface area (Å²) in [6.45, 7) is 1.89. The molecule has 1 nitrogen and oxygen atoms in total. The maximum Gasteiger partial charge on any atom is 0.248 e. The Kier molecular flexibility index (Phi) is 3.93. The molecular weight excluding hydrogens is 258 g/mol. The van der Waals surface area contributed by atoms with Crippen LogP contribution in [0.1, 0.15) is 42.9 Å². The van der Waals surface area contributed by atoms with Crippen molar-refractivity contribution in [3.05, 3.63) is 34.3 Å². The number of hydrogen-bond donors (Lipinski definition) is 1. The standard InChI is InChI=1S/C14H17ClF2O/c1-9-2-3-11(15)7-12(9)13(18)6-10-4-5-14(16,17)8-10/h2-3,7,10,13,18H,4-6,8H2,1H3. The normalized spacial score (nSPS) is 24.2. The fraction of sp³-hybridized carbons (Fsp3) is 0.571. The van der Waals surface area contributed by atoms with Gasteiger partial charge in [-0.15, -0.1) is 0 Å². The molecule has 1 N–H and O–H groups in total. The van der Waals surface area contributed by atoms with Crippen molar-refractivity contribution in [3.63, 3.8) is 0 Å². The minimum Gasteiger partial charge on any atom is -0.388 e. The zero-order valence-electron chi connectivity index (χ0n) is 10.3. The van der Waals surface area contributed by atoms with Gasteiger partial charge in [0.15, 0.2) is 0 Å². The third kappa shape index (κ3) is 3.21. The average molecular weight is 275 g/mol. The van der Waals surface area contributed by atoms with Crippen molar-refractivity contribution >= 4 is 11.6 Å². The van der Waals surface area contributed by atoms with E-state index in [1.165, 1.54) is 0 Å². The second-order valence-electron chi connectivity index (χ2n) is 5.22. The number of aliphatic hydroxyl groups excluding tert-OH is 1. The minimum atomic E-state index is -2.55. The molecule has 0 amide bonds. The molecule has 0 heterocycles. The first-order valence-electron chi connectivity index (χ1n) is 6.19. The average Bonchev–Trinajstić information content (AvgIpc) is 2.61. The fourth-order valence-corrected chi connectivity index (χ4v) is 2.84. The lowest BCUT2D eigenvalue weighted by Crippen LogP contribution is -2.11. The van der Waals surface area contributed by atoms with E-state index in [2.05, 4.69) is 0 Å². The van der Waals surface area contributed by atoms with Crippen molar-refractivity contribution in [2.45, 2.75) is 44.6 Å². The Morgan fingerprint density at radius 3 is 2.83 bits per heavy atom. The second-order valence-corrected chi connectivity index (χ2v) is 5.65. The molecule has 0 spiro atoms. The maximum atomic E-state index is 13.1. The van der Waals surface area contributed by atoms with E-state index in [-0.39, 0.29) is 18.8 Å². The highest BCUT2D eigenvalue weighted by molar-refractivity contribution is 6.30. The molecule has 1 fully saturated rings. The quantitative estimate of drug-likeness (QED) is 0.860. The van der Waals surface area contributed by atoms with Gasteiger partial charge < -0.3 is 5.11 Å². The van der Waals surface area contributed by atoms with Gasteiger partial charge in [0.05, 0.1) is 6.10 Å². The highest BCUT2D eigenvalue weighted by Crippen LogP contribution is 2.42. The zero-order valence-corrected chi connectivity index (χ0v) is 11.1. The minimum absolute atomic E-state index is 0.0566. The third-order valence-corrected chi connectivity index (χ3v) is 3.90. The number of aryl methyl sites for hydroxylation is 1. The Balaban J connectivity index is 2.04. The van der Waals surface area contributed by atoms with Crippen LogP contribution in [0.2, 0.25) is 5.02 Å². The molecular formula is C14H17ClF2O. The van der Waals surface area contributed by atoms with Crippen LogP contribution in [0.5, 0.6) is 0 Å². The smallest absolute Gasteiger partial charge is 0.248 e. The highest BCUT2D eigenvalue weighted by atomic mass is 35.5. The van der Waals surface area contributed by atoms with Gasteiger partial charge in [-0.2, -0.15) is 0 Å². The summed E-state index contributed by atoms with van der Waals surface area (Å²) in [6.07, 6.45) is 0.00542. The van der Waals surface area contributed by atoms with Crippen molar-refractivity contribution in [3.8, 4) is 0 Å². The first-order chi connectivity index (χ1) is 8.37. The molecule has 0 aliphatic heterocycles. The van der Waals surface area contributed by atoms with Crippen molar-refractivity contribution in [1.29, 1.82) is 0 Å². The van der Waals surface area contributed by atoms with Crippen LogP contribution in [0.4, 0.5) is 8.78 Å². The summed E-state index contributed by atoms with van der Waals surface area (Å²) in [6, 6.07) is 5.32. The monoisotopic (exact) mass is 274 g/mol. The van der Waals surface area contributed by atoms with Crippen LogP contribution >= 0.6 is 11.6 Å². The first-order valence-corrected chi connectivity index (χ1v) is 6.57. The van der Waals surface area contributed by atoms with Gasteiger partial charge >= 0.3 is 0 Å². The Bertz CT molecular complexity index is 434. The predicted octanol–water partition coefficient (Wildman–Crippen LogP) is 4.51. The molecule has 0 aromatic heterocycles. The van der Waals surface area contributed by atoms with Crippen molar-refractivity contribution < 1.29 is 13.9 Å². The van der Waals surface area contributed by atoms with Crippen LogP contribution in [-0.4, -0.2) is 11.0 Å². The summed E-state index contributed by atoms with van der Waals surface area (Å²) < 4.78 is 26.2. The molecule has 1 saturated carbocycles. The molecule has 4 heteroatoms. The predicted molar refractivity (Wildman–Crippen MR) is 68.1 cm³/mol. The van der Waals surface area contributed by atoms with Crippen molar-refractivity contribution in [2.24, 2.45) is 5.92 Å². The van der Waals surface area contributed by atoms with Gasteiger partial charge in [-0.1, -0.05) is 17.7 Å². The fourth-order valence-electron chi connectivity index (χ4n) is 2.66. The summed E-state index contributed by atoms with van der Waals surface area (Å²) in [5.74, 6) is -2.65. The Labute approximate surface area is 111 Å². The second kappa shape index (κ2) is 5.14. The molecule has 0 bridgehead atoms. The highest BCUT2D eigenvalue weighted by Gasteiger charge is 2.40. The zero-order chi connectivity index (χ0) is 13.3. The van der Waals surface area contributed by atoms with E-state index in [4.69, 9.17) is 11.6 Å². The molecule has 1 aliphatic rings. The number of alkyl halides is 2. The summed E-state index contributed by atoms with van der Waals surface area (Å²) in [4.78, 5) is 0. The molecule has 100 valence electrons. The Morgan fingerprint density at radius 1 is 1.50 bits per heavy atom. The van der Waals surface area contributed by atoms with Gasteiger partial charge in [0, 0.05) is 17.9 Å². The Hall–Kier alpha value is -0.670. The lowest BCUT2D eigenvalue weighted by atomic mass is 9.93. The molecule has 2 rings (SSSR count). The molecule has 2 unspecified atom stereocenters. The SMILES string of the molecule is Cc1ccc(Cl)cc1C(O)CC1CCC(F)(F)C1. The summed E-state index contributed by atoms with van der Waals surface area (Å²) in [7, 11) is 0. The maximum absolute atomic E-state index is 13.1. The molecule has 18 heavy (non-hydrogen) atoms. The van der Waals surface area contributed by atoms with Gasteiger partial charge in [0.25, 0.3) is 0 Å². The van der Waals surface area contributed by atoms with Crippen LogP contribution < -0.4 is 0 Å². The van der Waals surface area contributed by atoms with Gasteiger partial charge in [0.1, 0.15) is 0 Å². The Morgan fingerprint density at radius 2 is 2.22 bits per heavy atom. The number of hydrogen-bond acceptors (Lipinski definition) is 1. The van der Waals surface area contributed by atoms with E-state index in [9.17, 15) is 13.9 Å². The number of aliphatic hydroxyl groups is 1. The van der Waals surface area contributed by atoms with E-state index < -0.39 is 12.0 Å². The molecule has 1 aromatic rings. The summed E-state index contributed by atoms with van der Waals surface area (Å²) >= 11 is 5.89. The van der Waals surface area contributed by atoms with Gasteiger partial charge in [-0.25, -0.2) is 8.78 Å². The van der Waals surface area contributed by atoms with Crippen LogP contribution in [-0.2, 0) is 0 Å². The largest absolute Gasteiger partial charge is 0.388 e. The van der Waals surface area contributed by atoms with E-state index in [0.29, 0.717) is 17.9 Å². The first kappa shape index (κ1) is 13.8. The molecule has 0 saturated heterocycles. The molecule has 1 aliphatic carbocycles. The summed E-state index contributed by atoms with van der Waals surface area (Å²) in [5.41, 5.74) is 1.69. The topological polar surface area (TPSA) is 20.2 Å². The van der Waals surface area contributed by atoms with Gasteiger partial charge in [0.2, 0.25) is 5.92 Å². The van der Waals surface area contributed by atoms with Crippen LogP contribution in [0, 0.1) is 12.8 Å². The lowest BCUT2D eigenvalue weighted by molar-refractivity contribution is 0.00254. The van der Waals surface area contributed by atoms with Crippen molar-refractivity contribution in [1.82, 2.24) is 0 Å². The van der Waals surface area contributed by atoms with E-state index >= 15 is 0 Å². The van der Waals surface area contributed by atoms with Gasteiger partial charge in [-0.05, 0) is 48.9 Å². The van der Waals surface area contributed by atoms with E-state index in [0.717, 1.165) is 11.1 Å². The van der Waals surface area contributed by atoms with Crippen LogP contribution in [0.3, 0.4) is 0 Å². The number of benzene rings is 1. The van der Waals surface area contributed by atoms with Crippen LogP contribution in [0.25, 0.3) is 0 Å². The number of rotatable bonds is 3. The lowest BCUT2D eigenvalue weighted by Gasteiger charge is -2.18. The molecule has 1 aromatic carbocycles. The third-order valence-electron chi connectivity index (χ3n) is 3.66. The van der Waals surface area contributed by atoms with E-state index in [1.807, 2.05) is 13.0 Å². The van der Waals surface area contributed by atoms with Gasteiger partial charge in [-0.3, -0.25) is 0 Å². The summed E-state index contributed by atoms with van der Waals surface area (Å²) in [5, 5.41) is 10.7. The van der Waals surface area contributed by atoms with Crippen molar-refractivity contribution in [2.75, 3.05) is 0 Å². The molecule has 2 atom stereocenters. The van der Waals surface area contributed by atoms with E-state index in [1.54, 1.807) is 12.1 Å². The van der Waals surface area contributed by atoms with Crippen LogP contribution in [0.15, 0.2) is 18.2 Å². The molecule has 0 radical (unpaired) electrons. The number of halogens is 3.